The highest BCUT2D eigenvalue weighted by molar-refractivity contribution is 7.21. The van der Waals surface area contributed by atoms with Crippen LogP contribution in [0.5, 0.6) is 0 Å². The lowest BCUT2D eigenvalue weighted by Crippen LogP contribution is -2.24. The zero-order valence-corrected chi connectivity index (χ0v) is 13.0. The molecule has 0 radical (unpaired) electrons. The summed E-state index contributed by atoms with van der Waals surface area (Å²) in [6.45, 7) is 5.31. The molecule has 0 unspecified atom stereocenters. The highest BCUT2D eigenvalue weighted by atomic mass is 32.1. The summed E-state index contributed by atoms with van der Waals surface area (Å²) in [6.07, 6.45) is 4.80. The van der Waals surface area contributed by atoms with E-state index in [2.05, 4.69) is 35.4 Å². The van der Waals surface area contributed by atoms with Crippen LogP contribution in [0.2, 0.25) is 0 Å². The fourth-order valence-electron chi connectivity index (χ4n) is 2.36. The fourth-order valence-corrected chi connectivity index (χ4v) is 4.49. The number of rotatable bonds is 5. The Morgan fingerprint density at radius 3 is 2.95 bits per heavy atom. The Balaban J connectivity index is 1.66. The lowest BCUT2D eigenvalue weighted by molar-refractivity contribution is 0.588. The second-order valence-electron chi connectivity index (χ2n) is 5.27. The van der Waals surface area contributed by atoms with E-state index < -0.39 is 0 Å². The van der Waals surface area contributed by atoms with Crippen molar-refractivity contribution in [3.63, 3.8) is 0 Å². The van der Waals surface area contributed by atoms with Crippen LogP contribution in [-0.4, -0.2) is 22.8 Å². The molecule has 1 aliphatic rings. The molecule has 0 fully saturated rings. The predicted molar refractivity (Wildman–Crippen MR) is 82.1 cm³/mol. The maximum Gasteiger partial charge on any atom is 0.157 e. The first kappa shape index (κ1) is 13.2. The molecule has 1 N–H and O–H groups in total. The Kier molecular flexibility index (Phi) is 3.96. The molecule has 2 heterocycles. The Bertz CT molecular complexity index is 535. The van der Waals surface area contributed by atoms with Crippen LogP contribution in [0.25, 0.3) is 9.88 Å². The van der Waals surface area contributed by atoms with Gasteiger partial charge in [0.2, 0.25) is 0 Å². The number of nitrogens with one attached hydrogen (secondary N) is 1. The van der Waals surface area contributed by atoms with Crippen LogP contribution in [0, 0.1) is 0 Å². The molecule has 3 nitrogen and oxygen atoms in total. The molecule has 3 rings (SSSR count). The number of fused-ring (bicyclic) bond motifs is 1. The van der Waals surface area contributed by atoms with Crippen LogP contribution in [0.15, 0.2) is 6.07 Å². The van der Waals surface area contributed by atoms with E-state index in [0.717, 1.165) is 23.0 Å². The first-order valence-corrected chi connectivity index (χ1v) is 8.53. The summed E-state index contributed by atoms with van der Waals surface area (Å²) in [5.41, 5.74) is 1.54. The highest BCUT2D eigenvalue weighted by Gasteiger charge is 2.17. The average Bonchev–Trinajstić information content (AvgIpc) is 3.01. The molecular weight excluding hydrogens is 274 g/mol. The fraction of sp³-hybridized carbons (Fsp3) is 0.571. The number of thiophene rings is 1. The molecule has 0 bridgehead atoms. The number of aryl methyl sites for hydroxylation is 2. The van der Waals surface area contributed by atoms with Crippen LogP contribution in [-0.2, 0) is 19.3 Å². The maximum atomic E-state index is 4.35. The van der Waals surface area contributed by atoms with Gasteiger partial charge in [0, 0.05) is 23.9 Å². The SMILES string of the molecule is CC(C)NCCc1nnc(-c2cc3c(s2)CCC3)s1. The zero-order valence-electron chi connectivity index (χ0n) is 11.4. The van der Waals surface area contributed by atoms with Crippen molar-refractivity contribution >= 4 is 22.7 Å². The number of nitrogens with zero attached hydrogens (tertiary/aromatic N) is 2. The highest BCUT2D eigenvalue weighted by Crippen LogP contribution is 2.37. The Hall–Kier alpha value is -0.780. The quantitative estimate of drug-likeness (QED) is 0.919. The van der Waals surface area contributed by atoms with Crippen LogP contribution in [0.1, 0.15) is 35.7 Å². The van der Waals surface area contributed by atoms with Gasteiger partial charge in [-0.05, 0) is 30.9 Å². The van der Waals surface area contributed by atoms with Gasteiger partial charge in [-0.1, -0.05) is 25.2 Å². The zero-order chi connectivity index (χ0) is 13.2. The molecule has 19 heavy (non-hydrogen) atoms. The second-order valence-corrected chi connectivity index (χ2v) is 7.47. The summed E-state index contributed by atoms with van der Waals surface area (Å²) >= 11 is 3.65. The summed E-state index contributed by atoms with van der Waals surface area (Å²) < 4.78 is 0. The van der Waals surface area contributed by atoms with Gasteiger partial charge in [0.25, 0.3) is 0 Å². The third-order valence-corrected chi connectivity index (χ3v) is 5.71. The van der Waals surface area contributed by atoms with Crippen molar-refractivity contribution in [3.05, 3.63) is 21.5 Å². The molecule has 5 heteroatoms. The first-order valence-electron chi connectivity index (χ1n) is 6.90. The molecule has 0 atom stereocenters. The van der Waals surface area contributed by atoms with E-state index in [9.17, 15) is 0 Å². The van der Waals surface area contributed by atoms with Crippen molar-refractivity contribution in [1.29, 1.82) is 0 Å². The normalized spacial score (nSPS) is 14.3. The molecule has 0 saturated carbocycles. The number of aromatic nitrogens is 2. The molecule has 0 spiro atoms. The second kappa shape index (κ2) is 5.69. The van der Waals surface area contributed by atoms with Gasteiger partial charge in [-0.2, -0.15) is 0 Å². The van der Waals surface area contributed by atoms with Crippen molar-refractivity contribution in [2.45, 2.75) is 45.6 Å². The van der Waals surface area contributed by atoms with Gasteiger partial charge >= 0.3 is 0 Å². The van der Waals surface area contributed by atoms with Gasteiger partial charge in [0.15, 0.2) is 5.01 Å². The Labute approximate surface area is 122 Å². The van der Waals surface area contributed by atoms with Crippen LogP contribution in [0.3, 0.4) is 0 Å². The third kappa shape index (κ3) is 3.04. The molecule has 102 valence electrons. The van der Waals surface area contributed by atoms with Crippen LogP contribution >= 0.6 is 22.7 Å². The minimum atomic E-state index is 0.535. The van der Waals surface area contributed by atoms with E-state index in [4.69, 9.17) is 0 Å². The van der Waals surface area contributed by atoms with E-state index in [1.807, 2.05) is 11.3 Å². The van der Waals surface area contributed by atoms with Crippen molar-refractivity contribution in [2.75, 3.05) is 6.54 Å². The van der Waals surface area contributed by atoms with Gasteiger partial charge in [-0.3, -0.25) is 0 Å². The van der Waals surface area contributed by atoms with E-state index >= 15 is 0 Å². The van der Waals surface area contributed by atoms with Crippen LogP contribution < -0.4 is 5.32 Å². The summed E-state index contributed by atoms with van der Waals surface area (Å²) in [4.78, 5) is 2.87. The van der Waals surface area contributed by atoms with Crippen molar-refractivity contribution in [1.82, 2.24) is 15.5 Å². The predicted octanol–water partition coefficient (Wildman–Crippen LogP) is 3.30. The summed E-state index contributed by atoms with van der Waals surface area (Å²) in [5, 5.41) is 14.3. The molecule has 0 aliphatic heterocycles. The Morgan fingerprint density at radius 2 is 2.16 bits per heavy atom. The lowest BCUT2D eigenvalue weighted by atomic mass is 10.2. The third-order valence-electron chi connectivity index (χ3n) is 3.32. The molecule has 2 aromatic rings. The van der Waals surface area contributed by atoms with E-state index in [-0.39, 0.29) is 0 Å². The molecular formula is C14H19N3S2. The monoisotopic (exact) mass is 293 g/mol. The molecule has 0 saturated heterocycles. The van der Waals surface area contributed by atoms with Gasteiger partial charge in [-0.15, -0.1) is 21.5 Å². The first-order chi connectivity index (χ1) is 9.22. The standard InChI is InChI=1S/C14H19N3S2/c1-9(2)15-7-6-13-16-17-14(19-13)12-8-10-4-3-5-11(10)18-12/h8-9,15H,3-7H2,1-2H3. The number of hydrogen-bond acceptors (Lipinski definition) is 5. The smallest absolute Gasteiger partial charge is 0.157 e. The maximum absolute atomic E-state index is 4.35. The van der Waals surface area contributed by atoms with Gasteiger partial charge < -0.3 is 5.32 Å². The van der Waals surface area contributed by atoms with E-state index in [1.165, 1.54) is 24.1 Å². The van der Waals surface area contributed by atoms with Crippen molar-refractivity contribution < 1.29 is 0 Å². The minimum Gasteiger partial charge on any atom is -0.314 e. The van der Waals surface area contributed by atoms with Crippen molar-refractivity contribution in [3.8, 4) is 9.88 Å². The van der Waals surface area contributed by atoms with E-state index in [0.29, 0.717) is 6.04 Å². The van der Waals surface area contributed by atoms with Crippen molar-refractivity contribution in [2.24, 2.45) is 0 Å². The Morgan fingerprint density at radius 1 is 1.26 bits per heavy atom. The minimum absolute atomic E-state index is 0.535. The largest absolute Gasteiger partial charge is 0.314 e. The van der Waals surface area contributed by atoms with Gasteiger partial charge in [0.1, 0.15) is 5.01 Å². The topological polar surface area (TPSA) is 37.8 Å². The average molecular weight is 293 g/mol. The number of hydrogen-bond donors (Lipinski definition) is 1. The lowest BCUT2D eigenvalue weighted by Gasteiger charge is -2.04. The summed E-state index contributed by atoms with van der Waals surface area (Å²) in [6, 6.07) is 2.86. The summed E-state index contributed by atoms with van der Waals surface area (Å²) in [5.74, 6) is 0. The molecule has 2 aromatic heterocycles. The molecule has 1 aliphatic carbocycles. The van der Waals surface area contributed by atoms with Crippen LogP contribution in [0.4, 0.5) is 0 Å². The van der Waals surface area contributed by atoms with E-state index in [1.54, 1.807) is 21.8 Å². The van der Waals surface area contributed by atoms with Gasteiger partial charge in [0.05, 0.1) is 4.88 Å². The van der Waals surface area contributed by atoms with Gasteiger partial charge in [-0.25, -0.2) is 0 Å². The molecule has 0 aromatic carbocycles. The summed E-state index contributed by atoms with van der Waals surface area (Å²) in [7, 11) is 0. The molecule has 0 amide bonds.